The topological polar surface area (TPSA) is 125 Å². The standard InChI is InChI=1S/C12H16N2O6/c1-6-9(15)10(16)11(17)12(20-6)13-7-4-2-3-5-8(7)14(18)19/h2-6,9-13,15-17H,1H3/t6-,9-,10-,11+,12-/m0/s1. The van der Waals surface area contributed by atoms with E-state index in [1.54, 1.807) is 6.07 Å². The Morgan fingerprint density at radius 1 is 1.20 bits per heavy atom. The molecule has 20 heavy (non-hydrogen) atoms. The summed E-state index contributed by atoms with van der Waals surface area (Å²) in [4.78, 5) is 10.3. The molecule has 0 radical (unpaired) electrons. The summed E-state index contributed by atoms with van der Waals surface area (Å²) in [6, 6.07) is 5.89. The van der Waals surface area contributed by atoms with Crippen molar-refractivity contribution >= 4 is 11.4 Å². The average molecular weight is 284 g/mol. The number of para-hydroxylation sites is 2. The van der Waals surface area contributed by atoms with Gasteiger partial charge >= 0.3 is 0 Å². The molecule has 1 aliphatic heterocycles. The number of hydrogen-bond donors (Lipinski definition) is 4. The molecule has 4 N–H and O–H groups in total. The van der Waals surface area contributed by atoms with E-state index < -0.39 is 35.6 Å². The molecule has 0 saturated carbocycles. The average Bonchev–Trinajstić information content (AvgIpc) is 2.43. The first-order valence-electron chi connectivity index (χ1n) is 6.11. The van der Waals surface area contributed by atoms with Crippen LogP contribution in [0.5, 0.6) is 0 Å². The first-order chi connectivity index (χ1) is 9.41. The number of hydrogen-bond acceptors (Lipinski definition) is 7. The molecule has 5 atom stereocenters. The molecule has 8 nitrogen and oxygen atoms in total. The first-order valence-corrected chi connectivity index (χ1v) is 6.11. The molecular formula is C12H16N2O6. The van der Waals surface area contributed by atoms with Crippen LogP contribution in [0.2, 0.25) is 0 Å². The second-order valence-electron chi connectivity index (χ2n) is 4.65. The normalized spacial score (nSPS) is 33.7. The Bertz CT molecular complexity index is 497. The van der Waals surface area contributed by atoms with Gasteiger partial charge in [-0.05, 0) is 13.0 Å². The van der Waals surface area contributed by atoms with Crippen molar-refractivity contribution in [3.8, 4) is 0 Å². The third-order valence-corrected chi connectivity index (χ3v) is 3.25. The smallest absolute Gasteiger partial charge is 0.292 e. The Balaban J connectivity index is 2.20. The van der Waals surface area contributed by atoms with E-state index in [0.29, 0.717) is 0 Å². The zero-order chi connectivity index (χ0) is 14.9. The van der Waals surface area contributed by atoms with Crippen LogP contribution in [0.25, 0.3) is 0 Å². The Morgan fingerprint density at radius 3 is 2.50 bits per heavy atom. The maximum Gasteiger partial charge on any atom is 0.292 e. The molecule has 8 heteroatoms. The fourth-order valence-corrected chi connectivity index (χ4v) is 2.08. The minimum absolute atomic E-state index is 0.164. The van der Waals surface area contributed by atoms with Crippen molar-refractivity contribution in [2.45, 2.75) is 37.6 Å². The summed E-state index contributed by atoms with van der Waals surface area (Å²) in [6.45, 7) is 1.54. The molecule has 0 spiro atoms. The molecular weight excluding hydrogens is 268 g/mol. The number of aliphatic hydroxyl groups is 3. The van der Waals surface area contributed by atoms with E-state index in [9.17, 15) is 25.4 Å². The van der Waals surface area contributed by atoms with Gasteiger partial charge in [-0.3, -0.25) is 10.1 Å². The fraction of sp³-hybridized carbons (Fsp3) is 0.500. The number of nitrogens with zero attached hydrogens (tertiary/aromatic N) is 1. The van der Waals surface area contributed by atoms with Crippen molar-refractivity contribution in [3.63, 3.8) is 0 Å². The highest BCUT2D eigenvalue weighted by Gasteiger charge is 2.42. The van der Waals surface area contributed by atoms with Gasteiger partial charge in [0.05, 0.1) is 11.0 Å². The molecule has 1 aromatic rings. The number of anilines is 1. The minimum atomic E-state index is -1.40. The highest BCUT2D eigenvalue weighted by Crippen LogP contribution is 2.27. The quantitative estimate of drug-likeness (QED) is 0.448. The first kappa shape index (κ1) is 14.7. The predicted molar refractivity (Wildman–Crippen MR) is 69.1 cm³/mol. The molecule has 2 rings (SSSR count). The van der Waals surface area contributed by atoms with Crippen molar-refractivity contribution < 1.29 is 25.0 Å². The second-order valence-corrected chi connectivity index (χ2v) is 4.65. The summed E-state index contributed by atoms with van der Waals surface area (Å²) >= 11 is 0. The Kier molecular flexibility index (Phi) is 4.19. The molecule has 1 aromatic carbocycles. The van der Waals surface area contributed by atoms with Gasteiger partial charge in [-0.2, -0.15) is 0 Å². The Labute approximate surface area is 114 Å². The summed E-state index contributed by atoms with van der Waals surface area (Å²) in [5, 5.41) is 42.7. The van der Waals surface area contributed by atoms with E-state index in [-0.39, 0.29) is 11.4 Å². The summed E-state index contributed by atoms with van der Waals surface area (Å²) in [7, 11) is 0. The molecule has 1 aliphatic rings. The van der Waals surface area contributed by atoms with E-state index in [2.05, 4.69) is 5.32 Å². The molecule has 1 saturated heterocycles. The van der Waals surface area contributed by atoms with Gasteiger partial charge in [0.1, 0.15) is 24.0 Å². The van der Waals surface area contributed by atoms with Crippen LogP contribution >= 0.6 is 0 Å². The van der Waals surface area contributed by atoms with E-state index in [4.69, 9.17) is 4.74 Å². The number of nitro benzene ring substituents is 1. The van der Waals surface area contributed by atoms with Gasteiger partial charge in [0.2, 0.25) is 0 Å². The minimum Gasteiger partial charge on any atom is -0.388 e. The highest BCUT2D eigenvalue weighted by molar-refractivity contribution is 5.61. The van der Waals surface area contributed by atoms with E-state index >= 15 is 0 Å². The van der Waals surface area contributed by atoms with Crippen molar-refractivity contribution in [2.24, 2.45) is 0 Å². The van der Waals surface area contributed by atoms with Gasteiger partial charge < -0.3 is 25.4 Å². The lowest BCUT2D eigenvalue weighted by molar-refractivity contribution is -0.384. The molecule has 0 aliphatic carbocycles. The van der Waals surface area contributed by atoms with Crippen LogP contribution in [0.15, 0.2) is 24.3 Å². The third kappa shape index (κ3) is 2.73. The largest absolute Gasteiger partial charge is 0.388 e. The fourth-order valence-electron chi connectivity index (χ4n) is 2.08. The van der Waals surface area contributed by atoms with E-state index in [1.807, 2.05) is 0 Å². The maximum absolute atomic E-state index is 10.9. The van der Waals surface area contributed by atoms with Crippen LogP contribution < -0.4 is 5.32 Å². The molecule has 1 heterocycles. The zero-order valence-corrected chi connectivity index (χ0v) is 10.7. The molecule has 1 fully saturated rings. The number of benzene rings is 1. The van der Waals surface area contributed by atoms with Crippen molar-refractivity contribution in [3.05, 3.63) is 34.4 Å². The molecule has 110 valence electrons. The molecule has 0 amide bonds. The van der Waals surface area contributed by atoms with E-state index in [1.165, 1.54) is 25.1 Å². The summed E-state index contributed by atoms with van der Waals surface area (Å²) in [5.41, 5.74) is -0.00564. The van der Waals surface area contributed by atoms with Crippen LogP contribution in [0.3, 0.4) is 0 Å². The number of ether oxygens (including phenoxy) is 1. The molecule has 0 aromatic heterocycles. The SMILES string of the molecule is C[C@@H]1O[C@H](Nc2ccccc2[N+](=O)[O-])[C@H](O)[C@@H](O)[C@H]1O. The number of rotatable bonds is 3. The van der Waals surface area contributed by atoms with Gasteiger partial charge in [-0.25, -0.2) is 0 Å². The van der Waals surface area contributed by atoms with Gasteiger partial charge in [-0.15, -0.1) is 0 Å². The lowest BCUT2D eigenvalue weighted by Crippen LogP contribution is -2.58. The van der Waals surface area contributed by atoms with Crippen molar-refractivity contribution in [2.75, 3.05) is 5.32 Å². The van der Waals surface area contributed by atoms with Crippen LogP contribution in [-0.2, 0) is 4.74 Å². The number of nitrogens with one attached hydrogen (secondary N) is 1. The predicted octanol–water partition coefficient (Wildman–Crippen LogP) is -0.166. The monoisotopic (exact) mass is 284 g/mol. The number of aliphatic hydroxyl groups excluding tert-OH is 3. The van der Waals surface area contributed by atoms with Gasteiger partial charge in [-0.1, -0.05) is 12.1 Å². The van der Waals surface area contributed by atoms with Gasteiger partial charge in [0.25, 0.3) is 5.69 Å². The summed E-state index contributed by atoms with van der Waals surface area (Å²) in [6.07, 6.45) is -5.77. The molecule has 0 unspecified atom stereocenters. The summed E-state index contributed by atoms with van der Waals surface area (Å²) < 4.78 is 5.33. The van der Waals surface area contributed by atoms with Crippen molar-refractivity contribution in [1.29, 1.82) is 0 Å². The van der Waals surface area contributed by atoms with Gasteiger partial charge in [0.15, 0.2) is 6.23 Å². The second kappa shape index (κ2) is 5.71. The summed E-state index contributed by atoms with van der Waals surface area (Å²) in [5.74, 6) is 0. The lowest BCUT2D eigenvalue weighted by Gasteiger charge is -2.39. The van der Waals surface area contributed by atoms with Crippen LogP contribution in [0.1, 0.15) is 6.92 Å². The van der Waals surface area contributed by atoms with Gasteiger partial charge in [0, 0.05) is 6.07 Å². The van der Waals surface area contributed by atoms with Crippen LogP contribution in [-0.4, -0.2) is 50.9 Å². The van der Waals surface area contributed by atoms with Crippen molar-refractivity contribution in [1.82, 2.24) is 0 Å². The maximum atomic E-state index is 10.9. The molecule has 0 bridgehead atoms. The number of nitro groups is 1. The lowest BCUT2D eigenvalue weighted by atomic mass is 9.99. The van der Waals surface area contributed by atoms with Crippen LogP contribution in [0.4, 0.5) is 11.4 Å². The Morgan fingerprint density at radius 2 is 1.85 bits per heavy atom. The zero-order valence-electron chi connectivity index (χ0n) is 10.7. The Hall–Kier alpha value is -1.74. The third-order valence-electron chi connectivity index (χ3n) is 3.25. The highest BCUT2D eigenvalue weighted by atomic mass is 16.6. The van der Waals surface area contributed by atoms with Crippen LogP contribution in [0, 0.1) is 10.1 Å². The van der Waals surface area contributed by atoms with E-state index in [0.717, 1.165) is 0 Å².